The first kappa shape index (κ1) is 22.8. The molecule has 7 aromatic rings. The van der Waals surface area contributed by atoms with Crippen LogP contribution in [0.5, 0.6) is 17.4 Å². The Labute approximate surface area is 225 Å². The van der Waals surface area contributed by atoms with E-state index in [1.807, 2.05) is 89.5 Å². The van der Waals surface area contributed by atoms with E-state index in [0.717, 1.165) is 44.3 Å². The maximum absolute atomic E-state index is 10.8. The first-order valence-corrected chi connectivity index (χ1v) is 12.7. The van der Waals surface area contributed by atoms with Gasteiger partial charge in [0, 0.05) is 28.6 Å². The molecule has 0 spiro atoms. The number of aromatic hydroxyl groups is 1. The summed E-state index contributed by atoms with van der Waals surface area (Å²) in [7, 11) is 0. The molecule has 3 heterocycles. The van der Waals surface area contributed by atoms with E-state index in [1.165, 1.54) is 0 Å². The zero-order chi connectivity index (χ0) is 26.2. The summed E-state index contributed by atoms with van der Waals surface area (Å²) in [5, 5.41) is 12.8. The van der Waals surface area contributed by atoms with Crippen LogP contribution in [0, 0.1) is 0 Å². The summed E-state index contributed by atoms with van der Waals surface area (Å²) in [6.45, 7) is 0. The van der Waals surface area contributed by atoms with E-state index in [1.54, 1.807) is 12.3 Å². The Hall–Kier alpha value is -5.42. The lowest BCUT2D eigenvalue weighted by Gasteiger charge is -2.12. The van der Waals surface area contributed by atoms with E-state index in [9.17, 15) is 5.11 Å². The van der Waals surface area contributed by atoms with Gasteiger partial charge in [-0.05, 0) is 65.7 Å². The number of aromatic nitrogens is 3. The quantitative estimate of drug-likeness (QED) is 0.255. The highest BCUT2D eigenvalue weighted by molar-refractivity contribution is 6.08. The van der Waals surface area contributed by atoms with Gasteiger partial charge in [-0.3, -0.25) is 4.57 Å². The third kappa shape index (κ3) is 4.16. The van der Waals surface area contributed by atoms with E-state index in [0.29, 0.717) is 17.3 Å². The first-order valence-electron chi connectivity index (χ1n) is 12.7. The van der Waals surface area contributed by atoms with E-state index in [2.05, 4.69) is 41.4 Å². The number of ether oxygens (including phenoxy) is 1. The van der Waals surface area contributed by atoms with Gasteiger partial charge in [0.05, 0.1) is 16.9 Å². The number of hydrogen-bond acceptors (Lipinski definition) is 4. The number of nitrogens with zero attached hydrogens (tertiary/aromatic N) is 3. The molecule has 3 aromatic heterocycles. The minimum atomic E-state index is 0.199. The average molecular weight is 506 g/mol. The van der Waals surface area contributed by atoms with Gasteiger partial charge in [-0.25, -0.2) is 9.97 Å². The number of pyridine rings is 2. The summed E-state index contributed by atoms with van der Waals surface area (Å²) in [4.78, 5) is 9.50. The van der Waals surface area contributed by atoms with Gasteiger partial charge in [0.2, 0.25) is 5.88 Å². The predicted octanol–water partition coefficient (Wildman–Crippen LogP) is 8.41. The van der Waals surface area contributed by atoms with Gasteiger partial charge >= 0.3 is 0 Å². The van der Waals surface area contributed by atoms with Gasteiger partial charge < -0.3 is 9.84 Å². The van der Waals surface area contributed by atoms with Crippen molar-refractivity contribution in [2.24, 2.45) is 0 Å². The maximum Gasteiger partial charge on any atom is 0.219 e. The summed E-state index contributed by atoms with van der Waals surface area (Å²) < 4.78 is 8.19. The van der Waals surface area contributed by atoms with Crippen molar-refractivity contribution in [2.75, 3.05) is 0 Å². The van der Waals surface area contributed by atoms with Gasteiger partial charge in [-0.1, -0.05) is 66.7 Å². The molecule has 0 aliphatic rings. The van der Waals surface area contributed by atoms with Crippen molar-refractivity contribution in [2.45, 2.75) is 0 Å². The second-order valence-corrected chi connectivity index (χ2v) is 9.29. The first-order chi connectivity index (χ1) is 19.2. The lowest BCUT2D eigenvalue weighted by atomic mass is 10.0. The normalized spacial score (nSPS) is 11.2. The summed E-state index contributed by atoms with van der Waals surface area (Å²) in [5.74, 6) is 1.40. The maximum atomic E-state index is 10.8. The number of benzene rings is 4. The summed E-state index contributed by atoms with van der Waals surface area (Å²) in [6, 6.07) is 41.6. The summed E-state index contributed by atoms with van der Waals surface area (Å²) in [5.41, 5.74) is 6.25. The van der Waals surface area contributed by atoms with Gasteiger partial charge in [-0.2, -0.15) is 0 Å². The molecule has 0 aliphatic carbocycles. The third-order valence-electron chi connectivity index (χ3n) is 6.81. The van der Waals surface area contributed by atoms with Gasteiger partial charge in [0.1, 0.15) is 17.1 Å². The molecule has 0 saturated heterocycles. The van der Waals surface area contributed by atoms with Crippen LogP contribution in [0.3, 0.4) is 0 Å². The highest BCUT2D eigenvalue weighted by Gasteiger charge is 2.17. The lowest BCUT2D eigenvalue weighted by molar-refractivity contribution is 0.463. The zero-order valence-electron chi connectivity index (χ0n) is 20.9. The minimum Gasteiger partial charge on any atom is -0.506 e. The highest BCUT2D eigenvalue weighted by atomic mass is 16.5. The number of rotatable bonds is 5. The number of phenolic OH excluding ortho intramolecular Hbond substituents is 1. The van der Waals surface area contributed by atoms with Gasteiger partial charge in [0.15, 0.2) is 0 Å². The van der Waals surface area contributed by atoms with Crippen molar-refractivity contribution in [1.82, 2.24) is 14.5 Å². The standard InChI is InChI=1S/C34H23N3O2/c38-32-15-7-6-14-31(32)37-30-13-5-4-12-27(30)28-17-18-29(36-34(28)37)25-20-24(23-10-2-1-3-11-23)21-26(22-25)39-33-16-8-9-19-35-33/h1-22,38H. The molecule has 5 heteroatoms. The van der Waals surface area contributed by atoms with Crippen LogP contribution in [0.25, 0.3) is 50.0 Å². The van der Waals surface area contributed by atoms with Crippen molar-refractivity contribution in [1.29, 1.82) is 0 Å². The van der Waals surface area contributed by atoms with Crippen molar-refractivity contribution in [3.63, 3.8) is 0 Å². The van der Waals surface area contributed by atoms with E-state index >= 15 is 0 Å². The fourth-order valence-electron chi connectivity index (χ4n) is 5.03. The van der Waals surface area contributed by atoms with Crippen LogP contribution in [0.4, 0.5) is 0 Å². The van der Waals surface area contributed by atoms with Crippen molar-refractivity contribution in [3.8, 4) is 45.5 Å². The predicted molar refractivity (Wildman–Crippen MR) is 155 cm³/mol. The Morgan fingerprint density at radius 1 is 0.615 bits per heavy atom. The fourth-order valence-corrected chi connectivity index (χ4v) is 5.03. The smallest absolute Gasteiger partial charge is 0.219 e. The zero-order valence-corrected chi connectivity index (χ0v) is 20.9. The second kappa shape index (κ2) is 9.47. The van der Waals surface area contributed by atoms with Crippen LogP contribution in [-0.2, 0) is 0 Å². The molecule has 0 fully saturated rings. The molecule has 0 saturated carbocycles. The number of para-hydroxylation sites is 3. The third-order valence-corrected chi connectivity index (χ3v) is 6.81. The fraction of sp³-hybridized carbons (Fsp3) is 0. The van der Waals surface area contributed by atoms with Gasteiger partial charge in [0.25, 0.3) is 0 Å². The molecule has 0 unspecified atom stereocenters. The molecule has 7 rings (SSSR count). The number of fused-ring (bicyclic) bond motifs is 3. The molecule has 0 radical (unpaired) electrons. The number of phenols is 1. The topological polar surface area (TPSA) is 60.2 Å². The van der Waals surface area contributed by atoms with Crippen LogP contribution in [0.1, 0.15) is 0 Å². The highest BCUT2D eigenvalue weighted by Crippen LogP contribution is 2.37. The molecule has 5 nitrogen and oxygen atoms in total. The minimum absolute atomic E-state index is 0.199. The Bertz CT molecular complexity index is 1950. The molecule has 1 N–H and O–H groups in total. The van der Waals surface area contributed by atoms with Crippen molar-refractivity contribution >= 4 is 21.9 Å². The van der Waals surface area contributed by atoms with Crippen LogP contribution in [-0.4, -0.2) is 19.6 Å². The van der Waals surface area contributed by atoms with Crippen molar-refractivity contribution in [3.05, 3.63) is 134 Å². The Balaban J connectivity index is 1.45. The van der Waals surface area contributed by atoms with Crippen LogP contribution < -0.4 is 4.74 Å². The Morgan fingerprint density at radius 3 is 2.23 bits per heavy atom. The number of hydrogen-bond donors (Lipinski definition) is 1. The average Bonchev–Trinajstić information content (AvgIpc) is 3.32. The molecule has 0 bridgehead atoms. The van der Waals surface area contributed by atoms with E-state index < -0.39 is 0 Å². The molecule has 0 atom stereocenters. The Kier molecular flexibility index (Phi) is 5.52. The summed E-state index contributed by atoms with van der Waals surface area (Å²) in [6.07, 6.45) is 1.71. The van der Waals surface area contributed by atoms with Crippen LogP contribution in [0.2, 0.25) is 0 Å². The van der Waals surface area contributed by atoms with E-state index in [4.69, 9.17) is 9.72 Å². The molecule has 186 valence electrons. The lowest BCUT2D eigenvalue weighted by Crippen LogP contribution is -1.97. The van der Waals surface area contributed by atoms with Crippen LogP contribution >= 0.6 is 0 Å². The molecule has 4 aromatic carbocycles. The van der Waals surface area contributed by atoms with E-state index in [-0.39, 0.29) is 5.75 Å². The summed E-state index contributed by atoms with van der Waals surface area (Å²) >= 11 is 0. The molecule has 39 heavy (non-hydrogen) atoms. The largest absolute Gasteiger partial charge is 0.506 e. The van der Waals surface area contributed by atoms with Crippen LogP contribution in [0.15, 0.2) is 134 Å². The molecular formula is C34H23N3O2. The molecule has 0 amide bonds. The monoisotopic (exact) mass is 505 g/mol. The molecular weight excluding hydrogens is 482 g/mol. The SMILES string of the molecule is Oc1ccccc1-n1c2ccccc2c2ccc(-c3cc(Oc4ccccn4)cc(-c4ccccc4)c3)nc21. The molecule has 0 aliphatic heterocycles. The van der Waals surface area contributed by atoms with Gasteiger partial charge in [-0.15, -0.1) is 0 Å². The Morgan fingerprint density at radius 2 is 1.38 bits per heavy atom. The second-order valence-electron chi connectivity index (χ2n) is 9.29. The van der Waals surface area contributed by atoms with Crippen molar-refractivity contribution < 1.29 is 9.84 Å².